The Balaban J connectivity index is 1.75. The van der Waals surface area contributed by atoms with E-state index in [1.165, 1.54) is 4.90 Å². The molecule has 3 rings (SSSR count). The van der Waals surface area contributed by atoms with Crippen LogP contribution in [-0.4, -0.2) is 42.1 Å². The third-order valence-electron chi connectivity index (χ3n) is 4.14. The number of hydrogen-bond acceptors (Lipinski definition) is 5. The van der Waals surface area contributed by atoms with E-state index in [1.807, 2.05) is 0 Å². The number of carbonyl (C=O) groups is 2. The van der Waals surface area contributed by atoms with Crippen LogP contribution in [0, 0.1) is 5.82 Å². The Morgan fingerprint density at radius 1 is 1.20 bits per heavy atom. The van der Waals surface area contributed by atoms with E-state index in [9.17, 15) is 22.4 Å². The fourth-order valence-electron chi connectivity index (χ4n) is 2.68. The Hall–Kier alpha value is -2.43. The number of anilines is 1. The Bertz CT molecular complexity index is 1090. The van der Waals surface area contributed by atoms with Crippen LogP contribution in [0.2, 0.25) is 5.02 Å². The van der Waals surface area contributed by atoms with Crippen LogP contribution < -0.4 is 5.32 Å². The van der Waals surface area contributed by atoms with E-state index in [1.54, 1.807) is 31.2 Å². The predicted molar refractivity (Wildman–Crippen MR) is 114 cm³/mol. The number of halogens is 2. The monoisotopic (exact) mass is 469 g/mol. The van der Waals surface area contributed by atoms with Gasteiger partial charge >= 0.3 is 0 Å². The Morgan fingerprint density at radius 3 is 2.43 bits per heavy atom. The highest BCUT2D eigenvalue weighted by molar-refractivity contribution is 8.16. The van der Waals surface area contributed by atoms with Crippen LogP contribution >= 0.6 is 23.4 Å². The van der Waals surface area contributed by atoms with Gasteiger partial charge in [0.15, 0.2) is 5.17 Å². The quantitative estimate of drug-likeness (QED) is 0.698. The van der Waals surface area contributed by atoms with Crippen molar-refractivity contribution in [3.63, 3.8) is 0 Å². The highest BCUT2D eigenvalue weighted by Crippen LogP contribution is 2.31. The summed E-state index contributed by atoms with van der Waals surface area (Å²) in [5.74, 6) is -1.38. The lowest BCUT2D eigenvalue weighted by Crippen LogP contribution is -2.33. The van der Waals surface area contributed by atoms with E-state index in [4.69, 9.17) is 11.6 Å². The number of amidine groups is 1. The highest BCUT2D eigenvalue weighted by Gasteiger charge is 2.39. The van der Waals surface area contributed by atoms with Gasteiger partial charge in [0, 0.05) is 23.7 Å². The fraction of sp³-hybridized carbons (Fsp3) is 0.211. The summed E-state index contributed by atoms with van der Waals surface area (Å²) in [6.07, 6.45) is -0.155. The van der Waals surface area contributed by atoms with Gasteiger partial charge in [-0.25, -0.2) is 4.39 Å². The lowest BCUT2D eigenvalue weighted by Gasteiger charge is -2.13. The summed E-state index contributed by atoms with van der Waals surface area (Å²) in [7, 11) is -4.14. The van der Waals surface area contributed by atoms with Gasteiger partial charge < -0.3 is 5.32 Å². The van der Waals surface area contributed by atoms with Crippen LogP contribution in [0.3, 0.4) is 0 Å². The molecule has 0 spiro atoms. The smallest absolute Gasteiger partial charge is 0.284 e. The summed E-state index contributed by atoms with van der Waals surface area (Å²) >= 11 is 6.72. The first-order valence-electron chi connectivity index (χ1n) is 8.83. The first kappa shape index (κ1) is 22.3. The van der Waals surface area contributed by atoms with E-state index in [0.29, 0.717) is 10.7 Å². The van der Waals surface area contributed by atoms with Crippen molar-refractivity contribution in [3.8, 4) is 0 Å². The third kappa shape index (κ3) is 5.18. The second kappa shape index (κ2) is 9.15. The van der Waals surface area contributed by atoms with E-state index < -0.39 is 32.9 Å². The van der Waals surface area contributed by atoms with Crippen molar-refractivity contribution in [2.24, 2.45) is 4.40 Å². The maximum Gasteiger partial charge on any atom is 0.284 e. The summed E-state index contributed by atoms with van der Waals surface area (Å²) in [5, 5.41) is 2.37. The Labute approximate surface area is 182 Å². The fourth-order valence-corrected chi connectivity index (χ4v) is 5.22. The van der Waals surface area contributed by atoms with Gasteiger partial charge in [-0.2, -0.15) is 8.42 Å². The zero-order chi connectivity index (χ0) is 21.9. The molecule has 30 heavy (non-hydrogen) atoms. The molecule has 1 fully saturated rings. The normalized spacial score (nSPS) is 18.1. The molecule has 1 heterocycles. The topological polar surface area (TPSA) is 95.9 Å². The van der Waals surface area contributed by atoms with Gasteiger partial charge in [0.25, 0.3) is 10.0 Å². The molecule has 1 atom stereocenters. The van der Waals surface area contributed by atoms with Crippen LogP contribution in [0.5, 0.6) is 0 Å². The number of hydrogen-bond donors (Lipinski definition) is 1. The lowest BCUT2D eigenvalue weighted by molar-refractivity contribution is -0.128. The largest absolute Gasteiger partial charge is 0.326 e. The zero-order valence-corrected chi connectivity index (χ0v) is 18.1. The van der Waals surface area contributed by atoms with Gasteiger partial charge in [0.2, 0.25) is 11.8 Å². The average Bonchev–Trinajstić information content (AvgIpc) is 2.97. The Morgan fingerprint density at radius 2 is 1.83 bits per heavy atom. The summed E-state index contributed by atoms with van der Waals surface area (Å²) in [4.78, 5) is 26.0. The number of benzene rings is 2. The maximum atomic E-state index is 13.1. The molecule has 0 bridgehead atoms. The number of thioether (sulfide) groups is 1. The molecular formula is C19H17ClFN3O4S2. The van der Waals surface area contributed by atoms with Crippen LogP contribution in [0.4, 0.5) is 10.1 Å². The first-order valence-corrected chi connectivity index (χ1v) is 11.5. The molecule has 158 valence electrons. The van der Waals surface area contributed by atoms with Crippen molar-refractivity contribution in [1.29, 1.82) is 0 Å². The molecule has 0 aromatic heterocycles. The maximum absolute atomic E-state index is 13.1. The van der Waals surface area contributed by atoms with Gasteiger partial charge in [-0.15, -0.1) is 4.40 Å². The second-order valence-corrected chi connectivity index (χ2v) is 9.46. The standard InChI is InChI=1S/C19H17ClFN3O4S2/c1-2-24-18(26)16(11-17(25)22-14-7-3-12(20)4-8-14)29-19(24)23-30(27,28)15-9-5-13(21)6-10-15/h3-10,16H,2,11H2,1H3,(H,22,25)/t16-/m0/s1. The molecule has 0 aliphatic carbocycles. The summed E-state index contributed by atoms with van der Waals surface area (Å²) < 4.78 is 41.8. The zero-order valence-electron chi connectivity index (χ0n) is 15.7. The molecule has 2 aromatic carbocycles. The predicted octanol–water partition coefficient (Wildman–Crippen LogP) is 3.52. The molecule has 1 saturated heterocycles. The molecule has 0 saturated carbocycles. The minimum Gasteiger partial charge on any atom is -0.326 e. The molecule has 1 aliphatic rings. The lowest BCUT2D eigenvalue weighted by atomic mass is 10.2. The molecule has 1 N–H and O–H groups in total. The molecule has 7 nitrogen and oxygen atoms in total. The molecule has 0 radical (unpaired) electrons. The van der Waals surface area contributed by atoms with Gasteiger partial charge in [-0.3, -0.25) is 14.5 Å². The van der Waals surface area contributed by atoms with Crippen molar-refractivity contribution in [2.45, 2.75) is 23.5 Å². The highest BCUT2D eigenvalue weighted by atomic mass is 35.5. The summed E-state index contributed by atoms with van der Waals surface area (Å²) in [6, 6.07) is 10.7. The minimum atomic E-state index is -4.14. The summed E-state index contributed by atoms with van der Waals surface area (Å²) in [5.41, 5.74) is 0.528. The van der Waals surface area contributed by atoms with Crippen molar-refractivity contribution in [1.82, 2.24) is 4.90 Å². The molecule has 0 unspecified atom stereocenters. The van der Waals surface area contributed by atoms with Crippen molar-refractivity contribution < 1.29 is 22.4 Å². The number of nitrogens with zero attached hydrogens (tertiary/aromatic N) is 2. The first-order chi connectivity index (χ1) is 14.2. The number of rotatable bonds is 6. The van der Waals surface area contributed by atoms with E-state index in [-0.39, 0.29) is 23.0 Å². The van der Waals surface area contributed by atoms with E-state index >= 15 is 0 Å². The minimum absolute atomic E-state index is 0.0175. The average molecular weight is 470 g/mol. The van der Waals surface area contributed by atoms with Gasteiger partial charge in [-0.05, 0) is 55.5 Å². The molecular weight excluding hydrogens is 453 g/mol. The number of carbonyl (C=O) groups excluding carboxylic acids is 2. The second-order valence-electron chi connectivity index (χ2n) is 6.25. The third-order valence-corrected chi connectivity index (χ3v) is 6.97. The molecule has 2 aromatic rings. The van der Waals surface area contributed by atoms with E-state index in [0.717, 1.165) is 36.0 Å². The van der Waals surface area contributed by atoms with Crippen molar-refractivity contribution in [3.05, 3.63) is 59.4 Å². The molecule has 2 amide bonds. The number of sulfonamides is 1. The summed E-state index contributed by atoms with van der Waals surface area (Å²) in [6.45, 7) is 1.87. The van der Waals surface area contributed by atoms with Crippen LogP contribution in [0.15, 0.2) is 57.8 Å². The molecule has 1 aliphatic heterocycles. The van der Waals surface area contributed by atoms with E-state index in [2.05, 4.69) is 9.71 Å². The van der Waals surface area contributed by atoms with Crippen LogP contribution in [-0.2, 0) is 19.6 Å². The van der Waals surface area contributed by atoms with Gasteiger partial charge in [0.1, 0.15) is 11.1 Å². The van der Waals surface area contributed by atoms with Crippen molar-refractivity contribution >= 4 is 56.1 Å². The van der Waals surface area contributed by atoms with Crippen LogP contribution in [0.1, 0.15) is 13.3 Å². The van der Waals surface area contributed by atoms with Gasteiger partial charge in [-0.1, -0.05) is 23.4 Å². The number of nitrogens with one attached hydrogen (secondary N) is 1. The molecule has 11 heteroatoms. The Kier molecular flexibility index (Phi) is 6.79. The number of amides is 2. The van der Waals surface area contributed by atoms with Gasteiger partial charge in [0.05, 0.1) is 4.90 Å². The SMILES string of the molecule is CCN1C(=O)[C@H](CC(=O)Nc2ccc(Cl)cc2)SC1=NS(=O)(=O)c1ccc(F)cc1. The van der Waals surface area contributed by atoms with Crippen molar-refractivity contribution in [2.75, 3.05) is 11.9 Å². The van der Waals surface area contributed by atoms with Crippen LogP contribution in [0.25, 0.3) is 0 Å².